The van der Waals surface area contributed by atoms with Gasteiger partial charge >= 0.3 is 0 Å². The first-order valence-corrected chi connectivity index (χ1v) is 7.82. The van der Waals surface area contributed by atoms with Gasteiger partial charge in [0.2, 0.25) is 0 Å². The Kier molecular flexibility index (Phi) is 3.39. The van der Waals surface area contributed by atoms with Crippen LogP contribution in [0.2, 0.25) is 5.02 Å². The number of nitrogens with one attached hydrogen (secondary N) is 1. The van der Waals surface area contributed by atoms with Crippen LogP contribution >= 0.6 is 11.6 Å². The van der Waals surface area contributed by atoms with Gasteiger partial charge in [0.05, 0.1) is 22.4 Å². The van der Waals surface area contributed by atoms with Crippen LogP contribution in [0, 0.1) is 5.92 Å². The number of rotatable bonds is 3. The maximum atomic E-state index is 12.5. The second-order valence-electron chi connectivity index (χ2n) is 5.79. The van der Waals surface area contributed by atoms with Crippen LogP contribution in [0.25, 0.3) is 5.69 Å². The molecule has 4 rings (SSSR count). The summed E-state index contributed by atoms with van der Waals surface area (Å²) in [5, 5.41) is 7.71. The monoisotopic (exact) mass is 317 g/mol. The zero-order chi connectivity index (χ0) is 15.1. The highest BCUT2D eigenvalue weighted by atomic mass is 35.5. The summed E-state index contributed by atoms with van der Waals surface area (Å²) in [6.07, 6.45) is 5.78. The van der Waals surface area contributed by atoms with E-state index in [9.17, 15) is 4.79 Å². The smallest absolute Gasteiger partial charge is 0.253 e. The van der Waals surface area contributed by atoms with Crippen LogP contribution in [0.3, 0.4) is 0 Å². The van der Waals surface area contributed by atoms with E-state index in [4.69, 9.17) is 16.3 Å². The summed E-state index contributed by atoms with van der Waals surface area (Å²) < 4.78 is 7.28. The molecule has 1 aromatic heterocycles. The number of hydrogen-bond donors (Lipinski definition) is 1. The molecule has 22 heavy (non-hydrogen) atoms. The van der Waals surface area contributed by atoms with Gasteiger partial charge in [0.25, 0.3) is 5.91 Å². The predicted molar refractivity (Wildman–Crippen MR) is 82.3 cm³/mol. The Balaban J connectivity index is 1.53. The molecule has 2 aromatic rings. The third-order valence-electron chi connectivity index (χ3n) is 4.54. The molecule has 114 valence electrons. The fourth-order valence-electron chi connectivity index (χ4n) is 3.26. The molecule has 1 aliphatic heterocycles. The molecule has 0 unspecified atom stereocenters. The summed E-state index contributed by atoms with van der Waals surface area (Å²) in [5.41, 5.74) is 1.30. The SMILES string of the molecule is O=C(N[C@@H]1C[C@H]2OCC[C@@H]12)c1cc(-n2cccn2)ccc1Cl. The van der Waals surface area contributed by atoms with E-state index in [2.05, 4.69) is 10.4 Å². The van der Waals surface area contributed by atoms with Gasteiger partial charge in [-0.1, -0.05) is 11.6 Å². The lowest BCUT2D eigenvalue weighted by atomic mass is 9.76. The van der Waals surface area contributed by atoms with Crippen molar-refractivity contribution in [2.75, 3.05) is 6.61 Å². The standard InChI is InChI=1S/C16H16ClN3O2/c17-13-3-2-10(20-6-1-5-18-20)8-12(13)16(21)19-14-9-15-11(14)4-7-22-15/h1-3,5-6,8,11,14-15H,4,7,9H2,(H,19,21)/t11-,14+,15+/m0/s1. The maximum absolute atomic E-state index is 12.5. The molecule has 0 bridgehead atoms. The molecule has 0 radical (unpaired) electrons. The first-order chi connectivity index (χ1) is 10.7. The molecular weight excluding hydrogens is 302 g/mol. The number of fused-ring (bicyclic) bond motifs is 1. The summed E-state index contributed by atoms with van der Waals surface area (Å²) in [7, 11) is 0. The minimum absolute atomic E-state index is 0.130. The molecule has 1 saturated carbocycles. The van der Waals surface area contributed by atoms with Gasteiger partial charge in [-0.3, -0.25) is 4.79 Å². The van der Waals surface area contributed by atoms with Crippen LogP contribution in [0.1, 0.15) is 23.2 Å². The number of halogens is 1. The second-order valence-corrected chi connectivity index (χ2v) is 6.20. The van der Waals surface area contributed by atoms with Crippen LogP contribution in [0.5, 0.6) is 0 Å². The van der Waals surface area contributed by atoms with Gasteiger partial charge in [-0.15, -0.1) is 0 Å². The summed E-state index contributed by atoms with van der Waals surface area (Å²) in [6.45, 7) is 0.803. The Labute approximate surface area is 133 Å². The third kappa shape index (κ3) is 2.30. The maximum Gasteiger partial charge on any atom is 0.253 e. The number of aromatic nitrogens is 2. The summed E-state index contributed by atoms with van der Waals surface area (Å²) in [4.78, 5) is 12.5. The lowest BCUT2D eigenvalue weighted by Gasteiger charge is -2.39. The molecule has 1 aliphatic carbocycles. The number of amides is 1. The molecule has 2 fully saturated rings. The van der Waals surface area contributed by atoms with Crippen molar-refractivity contribution in [3.63, 3.8) is 0 Å². The van der Waals surface area contributed by atoms with E-state index >= 15 is 0 Å². The van der Waals surface area contributed by atoms with Gasteiger partial charge in [0.1, 0.15) is 0 Å². The number of hydrogen-bond acceptors (Lipinski definition) is 3. The van der Waals surface area contributed by atoms with Gasteiger partial charge in [0, 0.05) is 31.0 Å². The molecule has 1 N–H and O–H groups in total. The molecule has 2 aliphatic rings. The highest BCUT2D eigenvalue weighted by Crippen LogP contribution is 2.38. The quantitative estimate of drug-likeness (QED) is 0.946. The lowest BCUT2D eigenvalue weighted by Crippen LogP contribution is -2.53. The van der Waals surface area contributed by atoms with Gasteiger partial charge < -0.3 is 10.1 Å². The number of benzene rings is 1. The molecule has 0 spiro atoms. The number of carbonyl (C=O) groups excluding carboxylic acids is 1. The molecular formula is C16H16ClN3O2. The molecule has 2 heterocycles. The zero-order valence-corrected chi connectivity index (χ0v) is 12.7. The fraction of sp³-hybridized carbons (Fsp3) is 0.375. The highest BCUT2D eigenvalue weighted by Gasteiger charge is 2.45. The van der Waals surface area contributed by atoms with E-state index in [0.717, 1.165) is 25.1 Å². The Bertz CT molecular complexity index is 701. The van der Waals surface area contributed by atoms with Gasteiger partial charge in [-0.05, 0) is 37.1 Å². The van der Waals surface area contributed by atoms with Crippen molar-refractivity contribution in [2.24, 2.45) is 5.92 Å². The van der Waals surface area contributed by atoms with Crippen molar-refractivity contribution in [2.45, 2.75) is 25.0 Å². The summed E-state index contributed by atoms with van der Waals surface area (Å²) in [5.74, 6) is 0.325. The van der Waals surface area contributed by atoms with Crippen molar-refractivity contribution in [3.8, 4) is 5.69 Å². The fourth-order valence-corrected chi connectivity index (χ4v) is 3.46. The first kappa shape index (κ1) is 13.8. The van der Waals surface area contributed by atoms with Crippen LogP contribution in [-0.4, -0.2) is 34.4 Å². The van der Waals surface area contributed by atoms with Crippen molar-refractivity contribution in [3.05, 3.63) is 47.2 Å². The molecule has 6 heteroatoms. The van der Waals surface area contributed by atoms with Crippen molar-refractivity contribution >= 4 is 17.5 Å². The number of nitrogens with zero attached hydrogens (tertiary/aromatic N) is 2. The Morgan fingerprint density at radius 3 is 3.14 bits per heavy atom. The molecule has 3 atom stereocenters. The summed E-state index contributed by atoms with van der Waals surface area (Å²) in [6, 6.07) is 7.38. The summed E-state index contributed by atoms with van der Waals surface area (Å²) >= 11 is 6.19. The van der Waals surface area contributed by atoms with Crippen LogP contribution in [-0.2, 0) is 4.74 Å². The van der Waals surface area contributed by atoms with Crippen LogP contribution < -0.4 is 5.32 Å². The molecule has 1 aromatic carbocycles. The largest absolute Gasteiger partial charge is 0.378 e. The Morgan fingerprint density at radius 2 is 2.36 bits per heavy atom. The minimum Gasteiger partial charge on any atom is -0.378 e. The second kappa shape index (κ2) is 5.41. The van der Waals surface area contributed by atoms with Gasteiger partial charge in [0.15, 0.2) is 0 Å². The van der Waals surface area contributed by atoms with E-state index < -0.39 is 0 Å². The van der Waals surface area contributed by atoms with Gasteiger partial charge in [-0.2, -0.15) is 5.10 Å². The van der Waals surface area contributed by atoms with E-state index in [1.807, 2.05) is 18.3 Å². The number of ether oxygens (including phenoxy) is 1. The first-order valence-electron chi connectivity index (χ1n) is 7.44. The van der Waals surface area contributed by atoms with Crippen LogP contribution in [0.15, 0.2) is 36.7 Å². The van der Waals surface area contributed by atoms with Crippen LogP contribution in [0.4, 0.5) is 0 Å². The van der Waals surface area contributed by atoms with E-state index in [-0.39, 0.29) is 11.9 Å². The Hall–Kier alpha value is -1.85. The minimum atomic E-state index is -0.130. The van der Waals surface area contributed by atoms with E-state index in [1.165, 1.54) is 0 Å². The van der Waals surface area contributed by atoms with E-state index in [0.29, 0.717) is 22.6 Å². The number of carbonyl (C=O) groups is 1. The predicted octanol–water partition coefficient (Wildman–Crippen LogP) is 2.43. The highest BCUT2D eigenvalue weighted by molar-refractivity contribution is 6.33. The van der Waals surface area contributed by atoms with E-state index in [1.54, 1.807) is 23.0 Å². The molecule has 1 saturated heterocycles. The topological polar surface area (TPSA) is 56.1 Å². The Morgan fingerprint density at radius 1 is 1.45 bits per heavy atom. The molecule has 1 amide bonds. The lowest BCUT2D eigenvalue weighted by molar-refractivity contribution is 0.00810. The van der Waals surface area contributed by atoms with Gasteiger partial charge in [-0.25, -0.2) is 4.68 Å². The van der Waals surface area contributed by atoms with Crippen molar-refractivity contribution in [1.82, 2.24) is 15.1 Å². The average Bonchev–Trinajstić information content (AvgIpc) is 3.14. The molecule has 5 nitrogen and oxygen atoms in total. The average molecular weight is 318 g/mol. The normalized spacial score (nSPS) is 26.3. The van der Waals surface area contributed by atoms with Crippen molar-refractivity contribution in [1.29, 1.82) is 0 Å². The third-order valence-corrected chi connectivity index (χ3v) is 4.87. The van der Waals surface area contributed by atoms with Crippen molar-refractivity contribution < 1.29 is 9.53 Å². The zero-order valence-electron chi connectivity index (χ0n) is 11.9.